The number of hydrogen-bond acceptors (Lipinski definition) is 2. The van der Waals surface area contributed by atoms with Crippen molar-refractivity contribution in [2.24, 2.45) is 0 Å². The van der Waals surface area contributed by atoms with Gasteiger partial charge < -0.3 is 0 Å². The largest absolute Gasteiger partial charge is 0.418 e. The normalized spacial score (nSPS) is 12.9. The summed E-state index contributed by atoms with van der Waals surface area (Å²) >= 11 is 2.72. The fraction of sp³-hybridized carbons (Fsp3) is 0.143. The lowest BCUT2D eigenvalue weighted by Crippen LogP contribution is -2.18. The van der Waals surface area contributed by atoms with Crippen molar-refractivity contribution in [2.45, 2.75) is 17.2 Å². The van der Waals surface area contributed by atoms with Gasteiger partial charge in [0.1, 0.15) is 5.82 Å². The number of benzene rings is 2. The maximum Gasteiger partial charge on any atom is 0.418 e. The van der Waals surface area contributed by atoms with E-state index in [0.717, 1.165) is 6.07 Å². The Hall–Kier alpha value is -1.82. The second kappa shape index (κ2) is 6.72. The molecule has 0 aliphatic carbocycles. The maximum absolute atomic E-state index is 13.1. The molecule has 3 nitrogen and oxygen atoms in total. The number of rotatable bonds is 3. The van der Waals surface area contributed by atoms with Crippen LogP contribution < -0.4 is 4.72 Å². The molecule has 0 saturated carbocycles. The molecule has 0 heterocycles. The number of anilines is 1. The van der Waals surface area contributed by atoms with E-state index in [-0.39, 0.29) is 16.6 Å². The quantitative estimate of drug-likeness (QED) is 0.614. The standard InChI is InChI=1S/C14H7BrF7NO2S/c15-8-3-7(13(17,18)19)4-10(5-8)26(24,25)23-12-2-1-9(16)6-11(12)14(20,21)22/h1-6,23H. The first-order valence-corrected chi connectivity index (χ1v) is 8.75. The van der Waals surface area contributed by atoms with Gasteiger partial charge in [0, 0.05) is 4.47 Å². The third-order valence-electron chi connectivity index (χ3n) is 3.04. The van der Waals surface area contributed by atoms with E-state index in [4.69, 9.17) is 0 Å². The summed E-state index contributed by atoms with van der Waals surface area (Å²) in [6.45, 7) is 0. The molecule has 0 atom stereocenters. The zero-order chi connectivity index (χ0) is 19.9. The Morgan fingerprint density at radius 1 is 0.885 bits per heavy atom. The Kier molecular flexibility index (Phi) is 5.30. The molecule has 0 bridgehead atoms. The molecule has 0 aliphatic heterocycles. The van der Waals surface area contributed by atoms with E-state index in [1.807, 2.05) is 0 Å². The minimum absolute atomic E-state index is 0.0694. The Balaban J connectivity index is 2.53. The van der Waals surface area contributed by atoms with E-state index >= 15 is 0 Å². The molecule has 2 rings (SSSR count). The number of alkyl halides is 6. The first-order valence-electron chi connectivity index (χ1n) is 6.47. The molecule has 26 heavy (non-hydrogen) atoms. The smallest absolute Gasteiger partial charge is 0.279 e. The van der Waals surface area contributed by atoms with Crippen LogP contribution in [0.2, 0.25) is 0 Å². The highest BCUT2D eigenvalue weighted by atomic mass is 79.9. The van der Waals surface area contributed by atoms with Gasteiger partial charge in [-0.3, -0.25) is 4.72 Å². The minimum atomic E-state index is -5.09. The summed E-state index contributed by atoms with van der Waals surface area (Å²) in [6, 6.07) is 2.84. The topological polar surface area (TPSA) is 46.2 Å². The molecule has 0 radical (unpaired) electrons. The maximum atomic E-state index is 13.1. The summed E-state index contributed by atoms with van der Waals surface area (Å²) in [4.78, 5) is -0.920. The molecule has 0 aliphatic rings. The van der Waals surface area contributed by atoms with Crippen molar-refractivity contribution < 1.29 is 39.2 Å². The van der Waals surface area contributed by atoms with Gasteiger partial charge in [0.05, 0.1) is 21.7 Å². The van der Waals surface area contributed by atoms with E-state index in [0.29, 0.717) is 18.2 Å². The van der Waals surface area contributed by atoms with Gasteiger partial charge in [-0.15, -0.1) is 0 Å². The van der Waals surface area contributed by atoms with E-state index in [2.05, 4.69) is 15.9 Å². The van der Waals surface area contributed by atoms with Crippen molar-refractivity contribution in [3.63, 3.8) is 0 Å². The highest BCUT2D eigenvalue weighted by Crippen LogP contribution is 2.37. The SMILES string of the molecule is O=S(=O)(Nc1ccc(F)cc1C(F)(F)F)c1cc(Br)cc(C(F)(F)F)c1. The van der Waals surface area contributed by atoms with Crippen molar-refractivity contribution in [1.82, 2.24) is 0 Å². The highest BCUT2D eigenvalue weighted by Gasteiger charge is 2.36. The van der Waals surface area contributed by atoms with E-state index in [1.165, 1.54) is 0 Å². The first kappa shape index (κ1) is 20.5. The Morgan fingerprint density at radius 3 is 2.04 bits per heavy atom. The number of nitrogens with one attached hydrogen (secondary N) is 1. The highest BCUT2D eigenvalue weighted by molar-refractivity contribution is 9.10. The zero-order valence-corrected chi connectivity index (χ0v) is 14.6. The Bertz CT molecular complexity index is 939. The van der Waals surface area contributed by atoms with Crippen LogP contribution in [0.15, 0.2) is 45.8 Å². The first-order chi connectivity index (χ1) is 11.7. The van der Waals surface area contributed by atoms with Crippen molar-refractivity contribution in [1.29, 1.82) is 0 Å². The molecule has 0 saturated heterocycles. The molecule has 0 unspecified atom stereocenters. The third kappa shape index (κ3) is 4.67. The number of halogens is 8. The molecule has 12 heteroatoms. The second-order valence-corrected chi connectivity index (χ2v) is 7.56. The van der Waals surface area contributed by atoms with E-state index < -0.39 is 49.9 Å². The number of hydrogen-bond donors (Lipinski definition) is 1. The third-order valence-corrected chi connectivity index (χ3v) is 4.84. The minimum Gasteiger partial charge on any atom is -0.279 e. The van der Waals surface area contributed by atoms with Crippen LogP contribution in [0.3, 0.4) is 0 Å². The Labute approximate surface area is 151 Å². The summed E-state index contributed by atoms with van der Waals surface area (Å²) in [5, 5.41) is 0. The average Bonchev–Trinajstić information content (AvgIpc) is 2.46. The summed E-state index contributed by atoms with van der Waals surface area (Å²) in [7, 11) is -4.82. The molecular weight excluding hydrogens is 459 g/mol. The monoisotopic (exact) mass is 465 g/mol. The van der Waals surface area contributed by atoms with Gasteiger partial charge >= 0.3 is 12.4 Å². The second-order valence-electron chi connectivity index (χ2n) is 4.97. The van der Waals surface area contributed by atoms with Gasteiger partial charge in [0.2, 0.25) is 0 Å². The molecule has 0 amide bonds. The van der Waals surface area contributed by atoms with Gasteiger partial charge in [-0.25, -0.2) is 12.8 Å². The van der Waals surface area contributed by atoms with Crippen molar-refractivity contribution in [3.8, 4) is 0 Å². The molecule has 1 N–H and O–H groups in total. The van der Waals surface area contributed by atoms with Gasteiger partial charge in [-0.05, 0) is 36.4 Å². The summed E-state index contributed by atoms with van der Waals surface area (Å²) < 4.78 is 116. The molecule has 0 spiro atoms. The van der Waals surface area contributed by atoms with Gasteiger partial charge in [0.15, 0.2) is 0 Å². The average molecular weight is 466 g/mol. The van der Waals surface area contributed by atoms with Crippen LogP contribution in [0.5, 0.6) is 0 Å². The Morgan fingerprint density at radius 2 is 1.50 bits per heavy atom. The van der Waals surface area contributed by atoms with Crippen LogP contribution in [-0.4, -0.2) is 8.42 Å². The lowest BCUT2D eigenvalue weighted by Gasteiger charge is -2.16. The van der Waals surface area contributed by atoms with Crippen LogP contribution in [0.1, 0.15) is 11.1 Å². The molecule has 2 aromatic rings. The van der Waals surface area contributed by atoms with Crippen molar-refractivity contribution >= 4 is 31.6 Å². The van der Waals surface area contributed by atoms with Crippen LogP contribution >= 0.6 is 15.9 Å². The zero-order valence-electron chi connectivity index (χ0n) is 12.2. The van der Waals surface area contributed by atoms with E-state index in [1.54, 1.807) is 4.72 Å². The molecule has 142 valence electrons. The molecule has 0 aromatic heterocycles. The molecule has 0 fully saturated rings. The predicted octanol–water partition coefficient (Wildman–Crippen LogP) is 5.43. The fourth-order valence-corrected chi connectivity index (χ4v) is 3.72. The molecular formula is C14H7BrF7NO2S. The predicted molar refractivity (Wildman–Crippen MR) is 81.4 cm³/mol. The van der Waals surface area contributed by atoms with Crippen LogP contribution in [-0.2, 0) is 22.4 Å². The number of sulfonamides is 1. The van der Waals surface area contributed by atoms with Crippen molar-refractivity contribution in [3.05, 3.63) is 57.8 Å². The van der Waals surface area contributed by atoms with Crippen LogP contribution in [0.4, 0.5) is 36.4 Å². The van der Waals surface area contributed by atoms with Gasteiger partial charge in [0.25, 0.3) is 10.0 Å². The molecule has 2 aromatic carbocycles. The summed E-state index contributed by atoms with van der Waals surface area (Å²) in [5.41, 5.74) is -3.96. The van der Waals surface area contributed by atoms with E-state index in [9.17, 15) is 39.2 Å². The van der Waals surface area contributed by atoms with Crippen LogP contribution in [0.25, 0.3) is 0 Å². The lowest BCUT2D eigenvalue weighted by molar-refractivity contribution is -0.138. The van der Waals surface area contributed by atoms with Gasteiger partial charge in [-0.1, -0.05) is 15.9 Å². The van der Waals surface area contributed by atoms with Gasteiger partial charge in [-0.2, -0.15) is 26.3 Å². The van der Waals surface area contributed by atoms with Crippen LogP contribution in [0, 0.1) is 5.82 Å². The van der Waals surface area contributed by atoms with Crippen molar-refractivity contribution in [2.75, 3.05) is 4.72 Å². The lowest BCUT2D eigenvalue weighted by atomic mass is 10.2. The summed E-state index contributed by atoms with van der Waals surface area (Å²) in [6.07, 6.45) is -9.96. The fourth-order valence-electron chi connectivity index (χ4n) is 1.93. The summed E-state index contributed by atoms with van der Waals surface area (Å²) in [5.74, 6) is -1.26.